The molecular formula is C21H19NO4S. The molecule has 0 saturated heterocycles. The molecule has 0 saturated carbocycles. The van der Waals surface area contributed by atoms with E-state index in [1.165, 1.54) is 19.2 Å². The minimum atomic E-state index is -3.98. The molecular weight excluding hydrogens is 362 g/mol. The van der Waals surface area contributed by atoms with Crippen LogP contribution in [0, 0.1) is 0 Å². The van der Waals surface area contributed by atoms with Gasteiger partial charge in [-0.15, -0.1) is 0 Å². The number of hydrogen-bond donors (Lipinski definition) is 0. The molecule has 2 aromatic rings. The molecule has 0 atom stereocenters. The van der Waals surface area contributed by atoms with Gasteiger partial charge in [0.05, 0.1) is 17.7 Å². The van der Waals surface area contributed by atoms with Crippen LogP contribution in [0.1, 0.15) is 19.4 Å². The number of benzene rings is 2. The van der Waals surface area contributed by atoms with Gasteiger partial charge < -0.3 is 9.64 Å². The standard InChI is InChI=1S/C21H19NO4S/c1-21(2)20(23)19(27(24,25)16-11-9-15(26-3)10-12-16)18-13-8-14-6-4-5-7-17(14)22(18)21/h4-13H,1-3H3. The summed E-state index contributed by atoms with van der Waals surface area (Å²) in [4.78, 5) is 14.9. The molecule has 0 N–H and O–H groups in total. The zero-order valence-corrected chi connectivity index (χ0v) is 16.1. The fraction of sp³-hybridized carbons (Fsp3) is 0.190. The van der Waals surface area contributed by atoms with Gasteiger partial charge in [0.2, 0.25) is 15.6 Å². The highest BCUT2D eigenvalue weighted by Gasteiger charge is 2.51. The largest absolute Gasteiger partial charge is 0.497 e. The molecule has 2 aliphatic heterocycles. The molecule has 2 aliphatic rings. The van der Waals surface area contributed by atoms with Crippen LogP contribution in [-0.4, -0.2) is 26.8 Å². The SMILES string of the molecule is COc1ccc(S(=O)(=O)C2=C3C=Cc4ccccc4N3C(C)(C)C2=O)cc1. The lowest BCUT2D eigenvalue weighted by molar-refractivity contribution is -0.117. The summed E-state index contributed by atoms with van der Waals surface area (Å²) in [7, 11) is -2.46. The Bertz CT molecular complexity index is 1110. The van der Waals surface area contributed by atoms with Gasteiger partial charge in [0, 0.05) is 5.69 Å². The second-order valence-corrected chi connectivity index (χ2v) is 8.90. The number of carbonyl (C=O) groups excluding carboxylic acids is 1. The van der Waals surface area contributed by atoms with E-state index in [0.717, 1.165) is 11.3 Å². The van der Waals surface area contributed by atoms with Crippen molar-refractivity contribution in [1.82, 2.24) is 0 Å². The second kappa shape index (κ2) is 5.82. The number of rotatable bonds is 3. The Hall–Kier alpha value is -2.86. The molecule has 0 amide bonds. The van der Waals surface area contributed by atoms with Crippen LogP contribution in [-0.2, 0) is 14.6 Å². The van der Waals surface area contributed by atoms with Crippen LogP contribution < -0.4 is 9.64 Å². The summed E-state index contributed by atoms with van der Waals surface area (Å²) >= 11 is 0. The molecule has 4 rings (SSSR count). The maximum Gasteiger partial charge on any atom is 0.212 e. The van der Waals surface area contributed by atoms with Crippen molar-refractivity contribution in [2.45, 2.75) is 24.3 Å². The van der Waals surface area contributed by atoms with E-state index in [2.05, 4.69) is 0 Å². The monoisotopic (exact) mass is 381 g/mol. The van der Waals surface area contributed by atoms with Crippen LogP contribution in [0.15, 0.2) is 70.1 Å². The lowest BCUT2D eigenvalue weighted by atomic mass is 9.97. The first kappa shape index (κ1) is 17.5. The van der Waals surface area contributed by atoms with E-state index < -0.39 is 21.2 Å². The lowest BCUT2D eigenvalue weighted by Gasteiger charge is -2.36. The number of fused-ring (bicyclic) bond motifs is 3. The number of para-hydroxylation sites is 1. The number of methoxy groups -OCH3 is 1. The summed E-state index contributed by atoms with van der Waals surface area (Å²) in [6.07, 6.45) is 3.56. The Labute approximate surface area is 158 Å². The lowest BCUT2D eigenvalue weighted by Crippen LogP contribution is -2.45. The predicted molar refractivity (Wildman–Crippen MR) is 104 cm³/mol. The van der Waals surface area contributed by atoms with Crippen molar-refractivity contribution in [3.05, 3.63) is 70.8 Å². The summed E-state index contributed by atoms with van der Waals surface area (Å²) in [5, 5.41) is 0. The van der Waals surface area contributed by atoms with Gasteiger partial charge in [0.25, 0.3) is 0 Å². The molecule has 0 unspecified atom stereocenters. The van der Waals surface area contributed by atoms with Crippen molar-refractivity contribution in [3.8, 4) is 5.75 Å². The highest BCUT2D eigenvalue weighted by Crippen LogP contribution is 2.46. The Morgan fingerprint density at radius 3 is 2.30 bits per heavy atom. The van der Waals surface area contributed by atoms with E-state index in [0.29, 0.717) is 11.4 Å². The molecule has 6 heteroatoms. The van der Waals surface area contributed by atoms with Crippen LogP contribution in [0.5, 0.6) is 5.75 Å². The molecule has 27 heavy (non-hydrogen) atoms. The number of anilines is 1. The first-order chi connectivity index (χ1) is 12.8. The van der Waals surface area contributed by atoms with Crippen LogP contribution in [0.4, 0.5) is 5.69 Å². The van der Waals surface area contributed by atoms with E-state index >= 15 is 0 Å². The first-order valence-electron chi connectivity index (χ1n) is 8.54. The van der Waals surface area contributed by atoms with E-state index in [9.17, 15) is 13.2 Å². The first-order valence-corrected chi connectivity index (χ1v) is 10.0. The number of allylic oxidation sites excluding steroid dienone is 1. The van der Waals surface area contributed by atoms with Crippen molar-refractivity contribution in [2.75, 3.05) is 12.0 Å². The smallest absolute Gasteiger partial charge is 0.212 e. The maximum absolute atomic E-state index is 13.3. The Balaban J connectivity index is 1.93. The normalized spacial score (nSPS) is 17.7. The molecule has 2 aromatic carbocycles. The number of ether oxygens (including phenoxy) is 1. The summed E-state index contributed by atoms with van der Waals surface area (Å²) < 4.78 is 31.7. The van der Waals surface area contributed by atoms with Crippen molar-refractivity contribution in [1.29, 1.82) is 0 Å². The number of nitrogens with zero attached hydrogens (tertiary/aromatic N) is 1. The molecule has 138 valence electrons. The van der Waals surface area contributed by atoms with E-state index in [4.69, 9.17) is 4.74 Å². The summed E-state index contributed by atoms with van der Waals surface area (Å²) in [5.74, 6) is 0.146. The molecule has 0 fully saturated rings. The van der Waals surface area contributed by atoms with Gasteiger partial charge in [-0.2, -0.15) is 0 Å². The Morgan fingerprint density at radius 2 is 1.63 bits per heavy atom. The molecule has 0 aromatic heterocycles. The minimum absolute atomic E-state index is 0.0732. The van der Waals surface area contributed by atoms with Gasteiger partial charge >= 0.3 is 0 Å². The Morgan fingerprint density at radius 1 is 0.963 bits per heavy atom. The topological polar surface area (TPSA) is 63.7 Å². The maximum atomic E-state index is 13.3. The number of carbonyl (C=O) groups is 1. The molecule has 0 aliphatic carbocycles. The molecule has 0 spiro atoms. The van der Waals surface area contributed by atoms with E-state index in [-0.39, 0.29) is 9.80 Å². The van der Waals surface area contributed by atoms with E-state index in [1.54, 1.807) is 32.1 Å². The quantitative estimate of drug-likeness (QED) is 0.813. The molecule has 0 bridgehead atoms. The highest BCUT2D eigenvalue weighted by molar-refractivity contribution is 7.96. The van der Waals surface area contributed by atoms with Crippen LogP contribution in [0.2, 0.25) is 0 Å². The second-order valence-electron chi connectivity index (χ2n) is 7.01. The average molecular weight is 381 g/mol. The molecule has 0 radical (unpaired) electrons. The van der Waals surface area contributed by atoms with Crippen molar-refractivity contribution < 1.29 is 17.9 Å². The third kappa shape index (κ3) is 2.44. The van der Waals surface area contributed by atoms with Crippen LogP contribution in [0.3, 0.4) is 0 Å². The summed E-state index contributed by atoms with van der Waals surface area (Å²) in [6.45, 7) is 3.50. The molecule has 2 heterocycles. The van der Waals surface area contributed by atoms with Gasteiger partial charge in [0.15, 0.2) is 0 Å². The van der Waals surface area contributed by atoms with Crippen LogP contribution in [0.25, 0.3) is 6.08 Å². The summed E-state index contributed by atoms with van der Waals surface area (Å²) in [5.41, 5.74) is 1.20. The van der Waals surface area contributed by atoms with Gasteiger partial charge in [-0.25, -0.2) is 8.42 Å². The van der Waals surface area contributed by atoms with Gasteiger partial charge in [-0.3, -0.25) is 4.79 Å². The van der Waals surface area contributed by atoms with Crippen molar-refractivity contribution in [3.63, 3.8) is 0 Å². The summed E-state index contributed by atoms with van der Waals surface area (Å²) in [6, 6.07) is 13.7. The molecule has 5 nitrogen and oxygen atoms in total. The number of hydrogen-bond acceptors (Lipinski definition) is 5. The van der Waals surface area contributed by atoms with Crippen LogP contribution >= 0.6 is 0 Å². The number of Topliss-reactive ketones (excluding diaryl/α,β-unsaturated/α-hetero) is 1. The number of ketones is 1. The van der Waals surface area contributed by atoms with Gasteiger partial charge in [-0.1, -0.05) is 24.3 Å². The fourth-order valence-corrected chi connectivity index (χ4v) is 5.27. The predicted octanol–water partition coefficient (Wildman–Crippen LogP) is 3.58. The van der Waals surface area contributed by atoms with E-state index in [1.807, 2.05) is 35.2 Å². The average Bonchev–Trinajstić information content (AvgIpc) is 2.88. The third-order valence-corrected chi connectivity index (χ3v) is 6.86. The zero-order valence-electron chi connectivity index (χ0n) is 15.3. The van der Waals surface area contributed by atoms with Gasteiger partial charge in [0.1, 0.15) is 16.2 Å². The third-order valence-electron chi connectivity index (χ3n) is 5.03. The fourth-order valence-electron chi connectivity index (χ4n) is 3.61. The number of sulfone groups is 1. The van der Waals surface area contributed by atoms with Crippen molar-refractivity contribution in [2.24, 2.45) is 0 Å². The Kier molecular flexibility index (Phi) is 3.78. The van der Waals surface area contributed by atoms with Gasteiger partial charge in [-0.05, 0) is 55.8 Å². The van der Waals surface area contributed by atoms with Crippen molar-refractivity contribution >= 4 is 27.4 Å². The minimum Gasteiger partial charge on any atom is -0.497 e. The zero-order chi connectivity index (χ0) is 19.4. The highest BCUT2D eigenvalue weighted by atomic mass is 32.2.